The van der Waals surface area contributed by atoms with Gasteiger partial charge < -0.3 is 4.74 Å². The van der Waals surface area contributed by atoms with Crippen molar-refractivity contribution in [3.05, 3.63) is 34.3 Å². The first-order valence-electron chi connectivity index (χ1n) is 5.99. The second-order valence-corrected chi connectivity index (χ2v) is 6.34. The molecule has 3 heteroatoms. The molecule has 0 aliphatic rings. The van der Waals surface area contributed by atoms with Gasteiger partial charge in [-0.25, -0.2) is 0 Å². The molecule has 1 aromatic carbocycles. The zero-order chi connectivity index (χ0) is 12.8. The third-order valence-electron chi connectivity index (χ3n) is 2.56. The van der Waals surface area contributed by atoms with Crippen LogP contribution in [0.5, 0.6) is 0 Å². The Bertz CT molecular complexity index is 339. The van der Waals surface area contributed by atoms with Crippen LogP contribution in [0.25, 0.3) is 0 Å². The Kier molecular flexibility index (Phi) is 6.75. The first kappa shape index (κ1) is 15.2. The van der Waals surface area contributed by atoms with Gasteiger partial charge in [-0.3, -0.25) is 0 Å². The minimum atomic E-state index is 0.126. The molecule has 17 heavy (non-hydrogen) atoms. The molecule has 0 aliphatic carbocycles. The van der Waals surface area contributed by atoms with Gasteiger partial charge >= 0.3 is 0 Å². The van der Waals surface area contributed by atoms with Gasteiger partial charge in [0.2, 0.25) is 0 Å². The molecule has 0 aromatic heterocycles. The van der Waals surface area contributed by atoms with Crippen LogP contribution < -0.4 is 0 Å². The highest BCUT2D eigenvalue weighted by Crippen LogP contribution is 2.25. The molecule has 1 nitrogen and oxygen atoms in total. The Morgan fingerprint density at radius 1 is 1.24 bits per heavy atom. The fraction of sp³-hybridized carbons (Fsp3) is 0.571. The zero-order valence-corrected chi connectivity index (χ0v) is 13.8. The Morgan fingerprint density at radius 3 is 2.47 bits per heavy atom. The third kappa shape index (κ3) is 5.54. The van der Waals surface area contributed by atoms with E-state index in [1.807, 2.05) is 12.1 Å². The summed E-state index contributed by atoms with van der Waals surface area (Å²) in [5, 5.41) is 0.825. The van der Waals surface area contributed by atoms with Crippen molar-refractivity contribution in [3.8, 4) is 0 Å². The lowest BCUT2D eigenvalue weighted by Gasteiger charge is -2.22. The van der Waals surface area contributed by atoms with E-state index in [1.165, 1.54) is 5.56 Å². The van der Waals surface area contributed by atoms with Crippen molar-refractivity contribution in [1.29, 1.82) is 0 Å². The van der Waals surface area contributed by atoms with E-state index in [9.17, 15) is 0 Å². The maximum absolute atomic E-state index is 6.08. The van der Waals surface area contributed by atoms with Gasteiger partial charge in [0.05, 0.1) is 12.2 Å². The number of ether oxygens (including phenoxy) is 1. The topological polar surface area (TPSA) is 9.23 Å². The highest BCUT2D eigenvalue weighted by molar-refractivity contribution is 9.10. The fourth-order valence-electron chi connectivity index (χ4n) is 1.91. The lowest BCUT2D eigenvalue weighted by Crippen LogP contribution is -2.16. The van der Waals surface area contributed by atoms with E-state index in [0.717, 1.165) is 16.2 Å². The predicted molar refractivity (Wildman–Crippen MR) is 80.7 cm³/mol. The number of hydrogen-bond acceptors (Lipinski definition) is 1. The van der Waals surface area contributed by atoms with Crippen molar-refractivity contribution in [2.24, 2.45) is 5.92 Å². The summed E-state index contributed by atoms with van der Waals surface area (Å²) in [5.41, 5.74) is 1.21. The van der Waals surface area contributed by atoms with Gasteiger partial charge in [0, 0.05) is 9.80 Å². The van der Waals surface area contributed by atoms with E-state index in [1.54, 1.807) is 0 Å². The number of halogens is 2. The van der Waals surface area contributed by atoms with Crippen LogP contribution in [-0.2, 0) is 4.74 Å². The van der Waals surface area contributed by atoms with Crippen molar-refractivity contribution in [3.63, 3.8) is 0 Å². The van der Waals surface area contributed by atoms with Crippen LogP contribution >= 0.6 is 31.9 Å². The van der Waals surface area contributed by atoms with Gasteiger partial charge in [-0.15, -0.1) is 0 Å². The molecule has 0 bridgehead atoms. The fourth-order valence-corrected chi connectivity index (χ4v) is 2.85. The van der Waals surface area contributed by atoms with Crippen molar-refractivity contribution in [2.75, 3.05) is 5.33 Å². The molecule has 0 heterocycles. The highest BCUT2D eigenvalue weighted by Gasteiger charge is 2.15. The molecule has 2 atom stereocenters. The van der Waals surface area contributed by atoms with Gasteiger partial charge in [0.25, 0.3) is 0 Å². The molecule has 0 saturated carbocycles. The summed E-state index contributed by atoms with van der Waals surface area (Å²) in [7, 11) is 0. The van der Waals surface area contributed by atoms with Gasteiger partial charge in [0.15, 0.2) is 0 Å². The second kappa shape index (κ2) is 7.55. The lowest BCUT2D eigenvalue weighted by atomic mass is 10.1. The molecule has 1 rings (SSSR count). The molecule has 0 N–H and O–H groups in total. The van der Waals surface area contributed by atoms with E-state index < -0.39 is 0 Å². The normalized spacial score (nSPS) is 14.9. The van der Waals surface area contributed by atoms with E-state index >= 15 is 0 Å². The first-order chi connectivity index (χ1) is 8.02. The largest absolute Gasteiger partial charge is 0.370 e. The Hall–Kier alpha value is 0.140. The quantitative estimate of drug-likeness (QED) is 0.620. The molecule has 96 valence electrons. The van der Waals surface area contributed by atoms with Crippen molar-refractivity contribution < 1.29 is 4.74 Å². The van der Waals surface area contributed by atoms with Crippen LogP contribution in [0.4, 0.5) is 0 Å². The second-order valence-electron chi connectivity index (χ2n) is 4.77. The van der Waals surface area contributed by atoms with Crippen molar-refractivity contribution in [1.82, 2.24) is 0 Å². The summed E-state index contributed by atoms with van der Waals surface area (Å²) in [6.45, 7) is 6.60. The maximum Gasteiger partial charge on any atom is 0.0925 e. The molecule has 0 fully saturated rings. The average Bonchev–Trinajstić information content (AvgIpc) is 2.24. The summed E-state index contributed by atoms with van der Waals surface area (Å²) in [5.74, 6) is 0.670. The Labute approximate surface area is 121 Å². The minimum Gasteiger partial charge on any atom is -0.370 e. The summed E-state index contributed by atoms with van der Waals surface area (Å²) in [6.07, 6.45) is 1.51. The van der Waals surface area contributed by atoms with E-state index in [0.29, 0.717) is 5.92 Å². The van der Waals surface area contributed by atoms with Crippen molar-refractivity contribution in [2.45, 2.75) is 39.4 Å². The summed E-state index contributed by atoms with van der Waals surface area (Å²) < 4.78 is 7.18. The molecule has 0 spiro atoms. The third-order valence-corrected chi connectivity index (χ3v) is 3.64. The van der Waals surface area contributed by atoms with E-state index in [-0.39, 0.29) is 12.2 Å². The molecule has 0 amide bonds. The van der Waals surface area contributed by atoms with Gasteiger partial charge in [-0.1, -0.05) is 57.8 Å². The van der Waals surface area contributed by atoms with Crippen LogP contribution in [0.1, 0.15) is 38.9 Å². The van der Waals surface area contributed by atoms with Gasteiger partial charge in [-0.2, -0.15) is 0 Å². The number of benzene rings is 1. The molecule has 0 radical (unpaired) electrons. The molecular formula is C14H20Br2O. The number of alkyl halides is 1. The summed E-state index contributed by atoms with van der Waals surface area (Å²) >= 11 is 7.03. The van der Waals surface area contributed by atoms with Crippen molar-refractivity contribution >= 4 is 31.9 Å². The molecule has 0 saturated heterocycles. The summed E-state index contributed by atoms with van der Waals surface area (Å²) in [6, 6.07) is 8.31. The standard InChI is InChI=1S/C14H20Br2O/c1-10(2)7-11(3)17-14(9-15)12-5-4-6-13(16)8-12/h4-6,8,10-11,14H,7,9H2,1-3H3. The molecule has 2 unspecified atom stereocenters. The molecule has 0 aliphatic heterocycles. The van der Waals surface area contributed by atoms with E-state index in [2.05, 4.69) is 64.8 Å². The SMILES string of the molecule is CC(C)CC(C)OC(CBr)c1cccc(Br)c1. The van der Waals surface area contributed by atoms with Gasteiger partial charge in [0.1, 0.15) is 0 Å². The predicted octanol–water partition coefficient (Wildman–Crippen LogP) is 5.34. The summed E-state index contributed by atoms with van der Waals surface area (Å²) in [4.78, 5) is 0. The van der Waals surface area contributed by atoms with Crippen LogP contribution in [0, 0.1) is 5.92 Å². The van der Waals surface area contributed by atoms with Crippen LogP contribution in [-0.4, -0.2) is 11.4 Å². The monoisotopic (exact) mass is 362 g/mol. The van der Waals surface area contributed by atoms with E-state index in [4.69, 9.17) is 4.74 Å². The Morgan fingerprint density at radius 2 is 1.94 bits per heavy atom. The minimum absolute atomic E-state index is 0.126. The first-order valence-corrected chi connectivity index (χ1v) is 7.91. The maximum atomic E-state index is 6.08. The smallest absolute Gasteiger partial charge is 0.0925 e. The number of rotatable bonds is 6. The van der Waals surface area contributed by atoms with Crippen LogP contribution in [0.15, 0.2) is 28.7 Å². The lowest BCUT2D eigenvalue weighted by molar-refractivity contribution is -0.0000340. The molecular weight excluding hydrogens is 344 g/mol. The van der Waals surface area contributed by atoms with Crippen LogP contribution in [0.3, 0.4) is 0 Å². The Balaban J connectivity index is 2.65. The average molecular weight is 364 g/mol. The zero-order valence-electron chi connectivity index (χ0n) is 10.6. The number of hydrogen-bond donors (Lipinski definition) is 0. The van der Waals surface area contributed by atoms with Crippen LogP contribution in [0.2, 0.25) is 0 Å². The highest BCUT2D eigenvalue weighted by atomic mass is 79.9. The van der Waals surface area contributed by atoms with Gasteiger partial charge in [-0.05, 0) is 37.0 Å². The molecule has 1 aromatic rings.